The second-order valence-electron chi connectivity index (χ2n) is 6.21. The predicted molar refractivity (Wildman–Crippen MR) is 86.5 cm³/mol. The molecule has 1 saturated carbocycles. The Morgan fingerprint density at radius 1 is 1.33 bits per heavy atom. The molecule has 0 aromatic carbocycles. The van der Waals surface area contributed by atoms with E-state index in [4.69, 9.17) is 0 Å². The van der Waals surface area contributed by atoms with Crippen LogP contribution in [0.4, 0.5) is 0 Å². The van der Waals surface area contributed by atoms with E-state index < -0.39 is 9.84 Å². The van der Waals surface area contributed by atoms with Crippen LogP contribution < -0.4 is 10.6 Å². The zero-order valence-corrected chi connectivity index (χ0v) is 14.4. The van der Waals surface area contributed by atoms with Crippen molar-refractivity contribution >= 4 is 28.2 Å². The van der Waals surface area contributed by atoms with Crippen LogP contribution in [0.2, 0.25) is 0 Å². The summed E-state index contributed by atoms with van der Waals surface area (Å²) in [6.07, 6.45) is 5.77. The van der Waals surface area contributed by atoms with Crippen molar-refractivity contribution in [3.8, 4) is 0 Å². The Hall–Kier alpha value is -0.330. The van der Waals surface area contributed by atoms with E-state index in [1.165, 1.54) is 19.3 Å². The molecule has 2 fully saturated rings. The maximum atomic E-state index is 12.2. The fraction of sp³-hybridized carbons (Fsp3) is 0.929. The minimum Gasteiger partial charge on any atom is -0.351 e. The van der Waals surface area contributed by atoms with Gasteiger partial charge in [-0.1, -0.05) is 19.8 Å². The average molecular weight is 339 g/mol. The van der Waals surface area contributed by atoms with Gasteiger partial charge in [0.15, 0.2) is 9.84 Å². The number of sulfone groups is 1. The fourth-order valence-corrected chi connectivity index (χ4v) is 4.49. The Morgan fingerprint density at radius 3 is 2.62 bits per heavy atom. The maximum Gasteiger partial charge on any atom is 0.237 e. The summed E-state index contributed by atoms with van der Waals surface area (Å²) in [6, 6.07) is 0.0148. The second-order valence-corrected chi connectivity index (χ2v) is 8.61. The lowest BCUT2D eigenvalue weighted by molar-refractivity contribution is -0.123. The van der Waals surface area contributed by atoms with Crippen molar-refractivity contribution in [2.24, 2.45) is 5.92 Å². The van der Waals surface area contributed by atoms with Gasteiger partial charge in [0.2, 0.25) is 5.91 Å². The lowest BCUT2D eigenvalue weighted by Crippen LogP contribution is -2.47. The van der Waals surface area contributed by atoms with Gasteiger partial charge in [-0.15, -0.1) is 12.4 Å². The number of halogens is 1. The summed E-state index contributed by atoms with van der Waals surface area (Å²) in [6.45, 7) is 3.39. The van der Waals surface area contributed by atoms with E-state index in [1.807, 2.05) is 0 Å². The van der Waals surface area contributed by atoms with Gasteiger partial charge in [-0.05, 0) is 32.1 Å². The molecule has 4 atom stereocenters. The van der Waals surface area contributed by atoms with Crippen LogP contribution in [0.25, 0.3) is 0 Å². The van der Waals surface area contributed by atoms with Gasteiger partial charge >= 0.3 is 0 Å². The normalized spacial score (nSPS) is 30.1. The largest absolute Gasteiger partial charge is 0.351 e. The quantitative estimate of drug-likeness (QED) is 0.791. The van der Waals surface area contributed by atoms with Crippen molar-refractivity contribution < 1.29 is 13.2 Å². The molecule has 2 N–H and O–H groups in total. The number of hydrogen-bond acceptors (Lipinski definition) is 4. The molecule has 7 heteroatoms. The van der Waals surface area contributed by atoms with Crippen LogP contribution in [0.3, 0.4) is 0 Å². The number of rotatable bonds is 5. The van der Waals surface area contributed by atoms with Gasteiger partial charge in [0.25, 0.3) is 0 Å². The lowest BCUT2D eigenvalue weighted by atomic mass is 9.85. The highest BCUT2D eigenvalue weighted by molar-refractivity contribution is 7.91. The molecule has 0 radical (unpaired) electrons. The number of fused-ring (bicyclic) bond motifs is 1. The molecule has 1 aliphatic carbocycles. The number of nitrogens with one attached hydrogen (secondary N) is 2. The number of hydrogen-bond donors (Lipinski definition) is 2. The van der Waals surface area contributed by atoms with Gasteiger partial charge in [0.1, 0.15) is 0 Å². The summed E-state index contributed by atoms with van der Waals surface area (Å²) in [5.74, 6) is 0.723. The highest BCUT2D eigenvalue weighted by Gasteiger charge is 2.38. The minimum atomic E-state index is -3.04. The molecule has 0 bridgehead atoms. The number of carbonyl (C=O) groups excluding carboxylic acids is 1. The minimum absolute atomic E-state index is 0. The first-order chi connectivity index (χ1) is 9.41. The second kappa shape index (κ2) is 7.79. The monoisotopic (exact) mass is 338 g/mol. The summed E-state index contributed by atoms with van der Waals surface area (Å²) < 4.78 is 23.1. The summed E-state index contributed by atoms with van der Waals surface area (Å²) in [5, 5.41) is 6.25. The SMILES string of the molecule is CCS(=O)(=O)CC(C)NC(=O)C1CC2CCCCC2N1.Cl. The third kappa shape index (κ3) is 5.11. The van der Waals surface area contributed by atoms with Gasteiger partial charge in [-0.2, -0.15) is 0 Å². The predicted octanol–water partition coefficient (Wildman–Crippen LogP) is 1.27. The molecule has 124 valence electrons. The van der Waals surface area contributed by atoms with E-state index in [0.717, 1.165) is 12.8 Å². The molecule has 2 rings (SSSR count). The molecule has 5 nitrogen and oxygen atoms in total. The maximum absolute atomic E-state index is 12.2. The highest BCUT2D eigenvalue weighted by atomic mass is 35.5. The Kier molecular flexibility index (Phi) is 6.94. The van der Waals surface area contributed by atoms with Crippen molar-refractivity contribution in [1.82, 2.24) is 10.6 Å². The van der Waals surface area contributed by atoms with Gasteiger partial charge in [-0.3, -0.25) is 4.79 Å². The van der Waals surface area contributed by atoms with Crippen molar-refractivity contribution in [2.75, 3.05) is 11.5 Å². The van der Waals surface area contributed by atoms with E-state index in [1.54, 1.807) is 13.8 Å². The van der Waals surface area contributed by atoms with Gasteiger partial charge in [-0.25, -0.2) is 8.42 Å². The van der Waals surface area contributed by atoms with Gasteiger partial charge in [0.05, 0.1) is 11.8 Å². The molecule has 1 saturated heterocycles. The molecule has 4 unspecified atom stereocenters. The molecule has 21 heavy (non-hydrogen) atoms. The van der Waals surface area contributed by atoms with Crippen molar-refractivity contribution in [3.05, 3.63) is 0 Å². The third-order valence-corrected chi connectivity index (χ3v) is 6.40. The zero-order chi connectivity index (χ0) is 14.8. The molecule has 2 aliphatic rings. The van der Waals surface area contributed by atoms with E-state index in [-0.39, 0.29) is 41.9 Å². The van der Waals surface area contributed by atoms with Crippen LogP contribution in [0, 0.1) is 5.92 Å². The van der Waals surface area contributed by atoms with E-state index in [2.05, 4.69) is 10.6 Å². The standard InChI is InChI=1S/C14H26N2O3S.ClH/c1-3-20(18,19)9-10(2)15-14(17)13-8-11-6-4-5-7-12(11)16-13;/h10-13,16H,3-9H2,1-2H3,(H,15,17);1H. The summed E-state index contributed by atoms with van der Waals surface area (Å²) in [5.41, 5.74) is 0. The number of carbonyl (C=O) groups is 1. The average Bonchev–Trinajstić information content (AvgIpc) is 2.81. The van der Waals surface area contributed by atoms with E-state index >= 15 is 0 Å². The summed E-state index contributed by atoms with van der Waals surface area (Å²) >= 11 is 0. The topological polar surface area (TPSA) is 75.3 Å². The van der Waals surface area contributed by atoms with Crippen LogP contribution >= 0.6 is 12.4 Å². The van der Waals surface area contributed by atoms with E-state index in [9.17, 15) is 13.2 Å². The Balaban J connectivity index is 0.00000220. The first-order valence-corrected chi connectivity index (χ1v) is 9.50. The Bertz CT molecular complexity index is 441. The van der Waals surface area contributed by atoms with Crippen molar-refractivity contribution in [2.45, 2.75) is 64.1 Å². The first-order valence-electron chi connectivity index (χ1n) is 7.68. The zero-order valence-electron chi connectivity index (χ0n) is 12.8. The van der Waals surface area contributed by atoms with E-state index in [0.29, 0.717) is 12.0 Å². The Labute approximate surface area is 134 Å². The first kappa shape index (κ1) is 18.7. The smallest absolute Gasteiger partial charge is 0.237 e. The van der Waals surface area contributed by atoms with Crippen LogP contribution in [0.15, 0.2) is 0 Å². The molecular formula is C14H27ClN2O3S. The molecule has 1 heterocycles. The lowest BCUT2D eigenvalue weighted by Gasteiger charge is -2.24. The summed E-state index contributed by atoms with van der Waals surface area (Å²) in [7, 11) is -3.04. The molecule has 1 amide bonds. The highest BCUT2D eigenvalue weighted by Crippen LogP contribution is 2.33. The third-order valence-electron chi connectivity index (χ3n) is 4.51. The Morgan fingerprint density at radius 2 is 2.00 bits per heavy atom. The van der Waals surface area contributed by atoms with Gasteiger partial charge in [0, 0.05) is 17.8 Å². The molecule has 0 spiro atoms. The molecule has 0 aromatic rings. The molecule has 0 aromatic heterocycles. The summed E-state index contributed by atoms with van der Waals surface area (Å²) in [4.78, 5) is 12.2. The van der Waals surface area contributed by atoms with Crippen molar-refractivity contribution in [1.29, 1.82) is 0 Å². The van der Waals surface area contributed by atoms with Crippen LogP contribution in [0.5, 0.6) is 0 Å². The molecular weight excluding hydrogens is 312 g/mol. The van der Waals surface area contributed by atoms with Crippen LogP contribution in [-0.2, 0) is 14.6 Å². The molecule has 1 aliphatic heterocycles. The van der Waals surface area contributed by atoms with Crippen molar-refractivity contribution in [3.63, 3.8) is 0 Å². The number of amides is 1. The fourth-order valence-electron chi connectivity index (χ4n) is 3.40. The van der Waals surface area contributed by atoms with Gasteiger partial charge < -0.3 is 10.6 Å². The van der Waals surface area contributed by atoms with Crippen LogP contribution in [0.1, 0.15) is 46.0 Å². The van der Waals surface area contributed by atoms with Crippen LogP contribution in [-0.4, -0.2) is 44.0 Å².